The minimum Gasteiger partial charge on any atom is -0.507 e. The van der Waals surface area contributed by atoms with Gasteiger partial charge in [-0.15, -0.1) is 0 Å². The number of aromatic nitrogens is 1. The highest BCUT2D eigenvalue weighted by Crippen LogP contribution is 2.34. The average Bonchev–Trinajstić information content (AvgIpc) is 2.50. The fraction of sp³-hybridized carbons (Fsp3) is 0.357. The average molecular weight is 307 g/mol. The lowest BCUT2D eigenvalue weighted by atomic mass is 10.0. The van der Waals surface area contributed by atoms with Crippen molar-refractivity contribution in [2.24, 2.45) is 0 Å². The van der Waals surface area contributed by atoms with Crippen molar-refractivity contribution in [3.05, 3.63) is 40.1 Å². The molecule has 2 aromatic rings. The number of hydrogen-bond donors (Lipinski definition) is 3. The van der Waals surface area contributed by atoms with Gasteiger partial charge in [-0.2, -0.15) is 0 Å². The molecule has 0 fully saturated rings. The van der Waals surface area contributed by atoms with Crippen molar-refractivity contribution < 1.29 is 20.2 Å². The van der Waals surface area contributed by atoms with Crippen LogP contribution in [-0.4, -0.2) is 56.4 Å². The number of aromatic hydroxyl groups is 1. The maximum Gasteiger partial charge on any atom is 0.299 e. The summed E-state index contributed by atoms with van der Waals surface area (Å²) in [6, 6.07) is 4.37. The molecule has 0 saturated heterocycles. The first-order valence-electron chi connectivity index (χ1n) is 6.76. The number of nitro benzene ring substituents is 1. The molecular formula is C14H17N3O5. The second-order valence-corrected chi connectivity index (χ2v) is 4.77. The molecule has 3 N–H and O–H groups in total. The Morgan fingerprint density at radius 1 is 1.27 bits per heavy atom. The van der Waals surface area contributed by atoms with Crippen molar-refractivity contribution >= 4 is 16.6 Å². The van der Waals surface area contributed by atoms with Crippen LogP contribution in [0.25, 0.3) is 10.9 Å². The highest BCUT2D eigenvalue weighted by molar-refractivity contribution is 5.91. The molecule has 118 valence electrons. The van der Waals surface area contributed by atoms with Crippen molar-refractivity contribution in [1.29, 1.82) is 0 Å². The monoisotopic (exact) mass is 307 g/mol. The van der Waals surface area contributed by atoms with Gasteiger partial charge >= 0.3 is 0 Å². The van der Waals surface area contributed by atoms with Gasteiger partial charge in [-0.25, -0.2) is 4.98 Å². The maximum atomic E-state index is 11.1. The standard InChI is InChI=1S/C14H17N3O5/c18-6-4-16(5-7-19)9-11-10-2-1-3-15-14(10)12(17(21)22)8-13(11)20/h1-3,8,18-20H,4-7,9H2. The summed E-state index contributed by atoms with van der Waals surface area (Å²) < 4.78 is 0. The summed E-state index contributed by atoms with van der Waals surface area (Å²) in [4.78, 5) is 16.3. The fourth-order valence-electron chi connectivity index (χ4n) is 2.36. The number of phenols is 1. The molecule has 0 bridgehead atoms. The summed E-state index contributed by atoms with van der Waals surface area (Å²) in [5.74, 6) is -0.201. The van der Waals surface area contributed by atoms with Gasteiger partial charge in [-0.3, -0.25) is 15.0 Å². The third-order valence-corrected chi connectivity index (χ3v) is 3.37. The first-order valence-corrected chi connectivity index (χ1v) is 6.76. The molecule has 8 heteroatoms. The number of aliphatic hydroxyl groups excluding tert-OH is 2. The van der Waals surface area contributed by atoms with Crippen LogP contribution < -0.4 is 0 Å². The van der Waals surface area contributed by atoms with Crippen LogP contribution in [0.3, 0.4) is 0 Å². The summed E-state index contributed by atoms with van der Waals surface area (Å²) in [6.45, 7) is 0.693. The highest BCUT2D eigenvalue weighted by atomic mass is 16.6. The first-order chi connectivity index (χ1) is 10.6. The van der Waals surface area contributed by atoms with Gasteiger partial charge in [0.1, 0.15) is 11.3 Å². The Morgan fingerprint density at radius 2 is 1.95 bits per heavy atom. The van der Waals surface area contributed by atoms with Gasteiger partial charge in [0.2, 0.25) is 0 Å². The van der Waals surface area contributed by atoms with E-state index in [9.17, 15) is 15.2 Å². The normalized spacial score (nSPS) is 11.2. The molecule has 0 atom stereocenters. The minimum atomic E-state index is -0.585. The van der Waals surface area contributed by atoms with E-state index in [1.165, 1.54) is 6.20 Å². The molecule has 0 spiro atoms. The Morgan fingerprint density at radius 3 is 2.55 bits per heavy atom. The Bertz CT molecular complexity index is 671. The van der Waals surface area contributed by atoms with Gasteiger partial charge in [0.05, 0.1) is 24.2 Å². The molecule has 1 aromatic heterocycles. The molecule has 0 aliphatic carbocycles. The summed E-state index contributed by atoms with van der Waals surface area (Å²) >= 11 is 0. The number of non-ortho nitro benzene ring substituents is 1. The van der Waals surface area contributed by atoms with Gasteiger partial charge in [0.15, 0.2) is 0 Å². The van der Waals surface area contributed by atoms with Gasteiger partial charge in [0, 0.05) is 36.8 Å². The third-order valence-electron chi connectivity index (χ3n) is 3.37. The topological polar surface area (TPSA) is 120 Å². The van der Waals surface area contributed by atoms with Crippen molar-refractivity contribution in [3.8, 4) is 5.75 Å². The number of phenolic OH excluding ortho intramolecular Hbond substituents is 1. The van der Waals surface area contributed by atoms with Crippen LogP contribution in [-0.2, 0) is 6.54 Å². The van der Waals surface area contributed by atoms with Crippen molar-refractivity contribution in [2.45, 2.75) is 6.54 Å². The lowest BCUT2D eigenvalue weighted by Gasteiger charge is -2.21. The molecule has 1 aromatic carbocycles. The third kappa shape index (κ3) is 3.30. The largest absolute Gasteiger partial charge is 0.507 e. The molecule has 0 saturated carbocycles. The van der Waals surface area contributed by atoms with Gasteiger partial charge in [0.25, 0.3) is 5.69 Å². The number of fused-ring (bicyclic) bond motifs is 1. The number of rotatable bonds is 7. The van der Waals surface area contributed by atoms with E-state index < -0.39 is 4.92 Å². The molecule has 0 aliphatic heterocycles. The molecule has 0 amide bonds. The van der Waals surface area contributed by atoms with Gasteiger partial charge in [-0.05, 0) is 6.07 Å². The van der Waals surface area contributed by atoms with Crippen LogP contribution in [0.15, 0.2) is 24.4 Å². The van der Waals surface area contributed by atoms with E-state index >= 15 is 0 Å². The zero-order valence-electron chi connectivity index (χ0n) is 11.8. The minimum absolute atomic E-state index is 0.0933. The number of pyridine rings is 1. The predicted octanol–water partition coefficient (Wildman–Crippen LogP) is 0.635. The van der Waals surface area contributed by atoms with Crippen LogP contribution in [0.2, 0.25) is 0 Å². The van der Waals surface area contributed by atoms with Crippen LogP contribution in [0.5, 0.6) is 5.75 Å². The predicted molar refractivity (Wildman–Crippen MR) is 79.5 cm³/mol. The van der Waals surface area contributed by atoms with E-state index in [0.29, 0.717) is 24.0 Å². The Kier molecular flexibility index (Phi) is 5.21. The SMILES string of the molecule is O=[N+]([O-])c1cc(O)c(CN(CCO)CCO)c2cccnc12. The molecule has 0 aliphatic rings. The summed E-state index contributed by atoms with van der Waals surface area (Å²) in [5, 5.41) is 39.8. The molecule has 1 heterocycles. The van der Waals surface area contributed by atoms with Gasteiger partial charge < -0.3 is 15.3 Å². The molecular weight excluding hydrogens is 290 g/mol. The zero-order valence-corrected chi connectivity index (χ0v) is 11.8. The van der Waals surface area contributed by atoms with Crippen LogP contribution in [0, 0.1) is 10.1 Å². The molecule has 2 rings (SSSR count). The van der Waals surface area contributed by atoms with Crippen molar-refractivity contribution in [3.63, 3.8) is 0 Å². The quantitative estimate of drug-likeness (QED) is 0.507. The smallest absolute Gasteiger partial charge is 0.299 e. The Labute approximate surface area is 126 Å². The van der Waals surface area contributed by atoms with E-state index in [1.807, 2.05) is 0 Å². The second-order valence-electron chi connectivity index (χ2n) is 4.77. The Balaban J connectivity index is 2.52. The fourth-order valence-corrected chi connectivity index (χ4v) is 2.36. The van der Waals surface area contributed by atoms with E-state index in [1.54, 1.807) is 17.0 Å². The zero-order chi connectivity index (χ0) is 16.1. The molecule has 22 heavy (non-hydrogen) atoms. The molecule has 8 nitrogen and oxygen atoms in total. The second kappa shape index (κ2) is 7.12. The van der Waals surface area contributed by atoms with Crippen molar-refractivity contribution in [1.82, 2.24) is 9.88 Å². The molecule has 0 unspecified atom stereocenters. The number of aliphatic hydroxyl groups is 2. The van der Waals surface area contributed by atoms with Crippen LogP contribution >= 0.6 is 0 Å². The Hall–Kier alpha value is -2.29. The summed E-state index contributed by atoms with van der Waals surface area (Å²) in [6.07, 6.45) is 1.45. The van der Waals surface area contributed by atoms with E-state index in [0.717, 1.165) is 6.07 Å². The highest BCUT2D eigenvalue weighted by Gasteiger charge is 2.21. The summed E-state index contributed by atoms with van der Waals surface area (Å²) in [5.41, 5.74) is 0.427. The lowest BCUT2D eigenvalue weighted by Crippen LogP contribution is -2.29. The number of benzene rings is 1. The lowest BCUT2D eigenvalue weighted by molar-refractivity contribution is -0.383. The summed E-state index contributed by atoms with van der Waals surface area (Å²) in [7, 11) is 0. The van der Waals surface area contributed by atoms with Gasteiger partial charge in [-0.1, -0.05) is 6.07 Å². The first kappa shape index (κ1) is 16.1. The molecule has 0 radical (unpaired) electrons. The maximum absolute atomic E-state index is 11.1. The van der Waals surface area contributed by atoms with E-state index in [-0.39, 0.29) is 36.7 Å². The number of nitro groups is 1. The van der Waals surface area contributed by atoms with Crippen molar-refractivity contribution in [2.75, 3.05) is 26.3 Å². The van der Waals surface area contributed by atoms with E-state index in [2.05, 4.69) is 4.98 Å². The number of nitrogens with zero attached hydrogens (tertiary/aromatic N) is 3. The van der Waals surface area contributed by atoms with Crippen LogP contribution in [0.4, 0.5) is 5.69 Å². The van der Waals surface area contributed by atoms with Crippen LogP contribution in [0.1, 0.15) is 5.56 Å². The number of hydrogen-bond acceptors (Lipinski definition) is 7. The van der Waals surface area contributed by atoms with E-state index in [4.69, 9.17) is 10.2 Å².